The van der Waals surface area contributed by atoms with E-state index in [2.05, 4.69) is 5.10 Å². The van der Waals surface area contributed by atoms with E-state index in [1.54, 1.807) is 19.0 Å². The maximum Gasteiger partial charge on any atom is 0.274 e. The van der Waals surface area contributed by atoms with Crippen molar-refractivity contribution < 1.29 is 9.53 Å². The molecule has 1 heterocycles. The first-order valence-corrected chi connectivity index (χ1v) is 6.30. The van der Waals surface area contributed by atoms with Gasteiger partial charge in [0, 0.05) is 14.1 Å². The summed E-state index contributed by atoms with van der Waals surface area (Å²) in [6, 6.07) is 9.48. The Balaban J connectivity index is 1.89. The Kier molecular flexibility index (Phi) is 4.24. The molecule has 1 aromatic heterocycles. The summed E-state index contributed by atoms with van der Waals surface area (Å²) in [5.41, 5.74) is 6.52. The monoisotopic (exact) mass is 274 g/mol. The number of nitrogens with zero attached hydrogens (tertiary/aromatic N) is 3. The summed E-state index contributed by atoms with van der Waals surface area (Å²) < 4.78 is 7.04. The molecule has 2 aromatic rings. The number of hydrogen-bond donors (Lipinski definition) is 1. The average Bonchev–Trinajstić information content (AvgIpc) is 2.78. The maximum atomic E-state index is 12.2. The van der Waals surface area contributed by atoms with Gasteiger partial charge in [0.15, 0.2) is 0 Å². The molecule has 2 N–H and O–H groups in total. The Morgan fingerprint density at radius 3 is 2.70 bits per heavy atom. The zero-order chi connectivity index (χ0) is 14.5. The summed E-state index contributed by atoms with van der Waals surface area (Å²) in [5, 5.41) is 3.96. The number of ether oxygens (including phenoxy) is 1. The largest absolute Gasteiger partial charge is 0.492 e. The Morgan fingerprint density at radius 2 is 2.10 bits per heavy atom. The molecule has 6 heteroatoms. The molecule has 0 unspecified atom stereocenters. The van der Waals surface area contributed by atoms with Gasteiger partial charge < -0.3 is 15.4 Å². The lowest BCUT2D eigenvalue weighted by Gasteiger charge is -2.17. The number of nitrogens with two attached hydrogens (primary N) is 1. The highest BCUT2D eigenvalue weighted by Gasteiger charge is 2.18. The quantitative estimate of drug-likeness (QED) is 0.887. The van der Waals surface area contributed by atoms with Gasteiger partial charge in [0.1, 0.15) is 18.1 Å². The molecule has 20 heavy (non-hydrogen) atoms. The molecule has 0 saturated heterocycles. The Labute approximate surface area is 117 Å². The van der Waals surface area contributed by atoms with E-state index in [-0.39, 0.29) is 5.91 Å². The van der Waals surface area contributed by atoms with Crippen LogP contribution in [-0.2, 0) is 7.05 Å². The lowest BCUT2D eigenvalue weighted by atomic mass is 10.3. The summed E-state index contributed by atoms with van der Waals surface area (Å²) in [6.45, 7) is 0.891. The second-order valence-electron chi connectivity index (χ2n) is 4.46. The van der Waals surface area contributed by atoms with E-state index in [0.717, 1.165) is 5.75 Å². The van der Waals surface area contributed by atoms with Crippen LogP contribution < -0.4 is 10.5 Å². The van der Waals surface area contributed by atoms with E-state index in [1.807, 2.05) is 30.3 Å². The predicted molar refractivity (Wildman–Crippen MR) is 76.5 cm³/mol. The van der Waals surface area contributed by atoms with Crippen molar-refractivity contribution in [1.29, 1.82) is 0 Å². The smallest absolute Gasteiger partial charge is 0.274 e. The van der Waals surface area contributed by atoms with Gasteiger partial charge in [-0.1, -0.05) is 18.2 Å². The molecule has 106 valence electrons. The van der Waals surface area contributed by atoms with Crippen molar-refractivity contribution >= 4 is 11.6 Å². The number of benzene rings is 1. The lowest BCUT2D eigenvalue weighted by Crippen LogP contribution is -2.32. The molecular formula is C14H18N4O2. The third kappa shape index (κ3) is 3.09. The highest BCUT2D eigenvalue weighted by Crippen LogP contribution is 2.12. The van der Waals surface area contributed by atoms with Crippen LogP contribution in [0.3, 0.4) is 0 Å². The van der Waals surface area contributed by atoms with Gasteiger partial charge in [-0.15, -0.1) is 0 Å². The number of aryl methyl sites for hydroxylation is 1. The minimum absolute atomic E-state index is 0.167. The van der Waals surface area contributed by atoms with E-state index in [1.165, 1.54) is 10.9 Å². The van der Waals surface area contributed by atoms with Gasteiger partial charge in [0.05, 0.1) is 18.4 Å². The van der Waals surface area contributed by atoms with E-state index in [4.69, 9.17) is 10.5 Å². The molecule has 1 aromatic carbocycles. The summed E-state index contributed by atoms with van der Waals surface area (Å²) in [7, 11) is 3.40. The van der Waals surface area contributed by atoms with E-state index in [9.17, 15) is 4.79 Å². The van der Waals surface area contributed by atoms with Gasteiger partial charge in [-0.25, -0.2) is 0 Å². The normalized spacial score (nSPS) is 10.3. The van der Waals surface area contributed by atoms with Crippen LogP contribution in [0.5, 0.6) is 5.75 Å². The maximum absolute atomic E-state index is 12.2. The van der Waals surface area contributed by atoms with Crippen LogP contribution in [0.4, 0.5) is 5.69 Å². The minimum atomic E-state index is -0.167. The zero-order valence-corrected chi connectivity index (χ0v) is 11.6. The van der Waals surface area contributed by atoms with Crippen LogP contribution in [-0.4, -0.2) is 40.8 Å². The van der Waals surface area contributed by atoms with Crippen LogP contribution in [0, 0.1) is 0 Å². The first-order chi connectivity index (χ1) is 9.59. The first-order valence-electron chi connectivity index (χ1n) is 6.30. The van der Waals surface area contributed by atoms with Crippen LogP contribution in [0.25, 0.3) is 0 Å². The predicted octanol–water partition coefficient (Wildman–Crippen LogP) is 1.15. The molecule has 0 aliphatic rings. The Hall–Kier alpha value is -2.50. The number of hydrogen-bond acceptors (Lipinski definition) is 4. The highest BCUT2D eigenvalue weighted by molar-refractivity contribution is 5.97. The molecule has 0 aliphatic carbocycles. The number of aromatic nitrogens is 2. The molecule has 1 amide bonds. The standard InChI is InChI=1S/C14H18N4O2/c1-17(8-9-20-11-6-4-3-5-7-11)14(19)13-12(15)10-16-18(13)2/h3-7,10H,8-9,15H2,1-2H3. The third-order valence-corrected chi connectivity index (χ3v) is 2.95. The van der Waals surface area contributed by atoms with Crippen molar-refractivity contribution in [2.24, 2.45) is 7.05 Å². The number of anilines is 1. The molecule has 0 saturated carbocycles. The number of nitrogen functional groups attached to an aromatic ring is 1. The molecule has 0 radical (unpaired) electrons. The van der Waals surface area contributed by atoms with Gasteiger partial charge in [-0.05, 0) is 12.1 Å². The number of para-hydroxylation sites is 1. The topological polar surface area (TPSA) is 73.4 Å². The van der Waals surface area contributed by atoms with Gasteiger partial charge in [0.25, 0.3) is 5.91 Å². The zero-order valence-electron chi connectivity index (χ0n) is 11.6. The van der Waals surface area contributed by atoms with Crippen LogP contribution in [0.15, 0.2) is 36.5 Å². The summed E-state index contributed by atoms with van der Waals surface area (Å²) in [6.07, 6.45) is 1.47. The number of carbonyl (C=O) groups is 1. The minimum Gasteiger partial charge on any atom is -0.492 e. The molecule has 6 nitrogen and oxygen atoms in total. The summed E-state index contributed by atoms with van der Waals surface area (Å²) in [5.74, 6) is 0.618. The van der Waals surface area contributed by atoms with Gasteiger partial charge >= 0.3 is 0 Å². The Bertz CT molecular complexity index is 561. The average molecular weight is 274 g/mol. The molecule has 2 rings (SSSR count). The van der Waals surface area contributed by atoms with Crippen molar-refractivity contribution in [3.63, 3.8) is 0 Å². The number of likely N-dealkylation sites (N-methyl/N-ethyl adjacent to an activating group) is 1. The molecule has 0 spiro atoms. The fourth-order valence-electron chi connectivity index (χ4n) is 1.82. The first kappa shape index (κ1) is 13.9. The van der Waals surface area contributed by atoms with Crippen molar-refractivity contribution in [2.75, 3.05) is 25.9 Å². The molecule has 0 atom stereocenters. The second kappa shape index (κ2) is 6.10. The number of carbonyl (C=O) groups excluding carboxylic acids is 1. The van der Waals surface area contributed by atoms with Crippen molar-refractivity contribution in [2.45, 2.75) is 0 Å². The Morgan fingerprint density at radius 1 is 1.40 bits per heavy atom. The van der Waals surface area contributed by atoms with Crippen LogP contribution in [0.1, 0.15) is 10.5 Å². The molecule has 0 aliphatic heterocycles. The van der Waals surface area contributed by atoms with Gasteiger partial charge in [-0.3, -0.25) is 9.48 Å². The van der Waals surface area contributed by atoms with Crippen molar-refractivity contribution in [3.8, 4) is 5.75 Å². The van der Waals surface area contributed by atoms with E-state index >= 15 is 0 Å². The van der Waals surface area contributed by atoms with Crippen molar-refractivity contribution in [3.05, 3.63) is 42.2 Å². The van der Waals surface area contributed by atoms with Crippen molar-refractivity contribution in [1.82, 2.24) is 14.7 Å². The molecule has 0 bridgehead atoms. The van der Waals surface area contributed by atoms with Gasteiger partial charge in [-0.2, -0.15) is 5.10 Å². The molecule has 0 fully saturated rings. The lowest BCUT2D eigenvalue weighted by molar-refractivity contribution is 0.0764. The number of rotatable bonds is 5. The van der Waals surface area contributed by atoms with Crippen LogP contribution >= 0.6 is 0 Å². The fraction of sp³-hybridized carbons (Fsp3) is 0.286. The van der Waals surface area contributed by atoms with Crippen LogP contribution in [0.2, 0.25) is 0 Å². The summed E-state index contributed by atoms with van der Waals surface area (Å²) in [4.78, 5) is 13.8. The number of amides is 1. The third-order valence-electron chi connectivity index (χ3n) is 2.95. The SMILES string of the molecule is CN(CCOc1ccccc1)C(=O)c1c(N)cnn1C. The van der Waals surface area contributed by atoms with E-state index in [0.29, 0.717) is 24.5 Å². The molecular weight excluding hydrogens is 256 g/mol. The highest BCUT2D eigenvalue weighted by atomic mass is 16.5. The second-order valence-corrected chi connectivity index (χ2v) is 4.46. The van der Waals surface area contributed by atoms with E-state index < -0.39 is 0 Å². The summed E-state index contributed by atoms with van der Waals surface area (Å²) >= 11 is 0. The fourth-order valence-corrected chi connectivity index (χ4v) is 1.82. The van der Waals surface area contributed by atoms with Gasteiger partial charge in [0.2, 0.25) is 0 Å².